The first kappa shape index (κ1) is 18.3. The third kappa shape index (κ3) is 3.87. The zero-order chi connectivity index (χ0) is 17.8. The van der Waals surface area contributed by atoms with Gasteiger partial charge in [-0.3, -0.25) is 0 Å². The third-order valence-corrected chi connectivity index (χ3v) is 10.0. The van der Waals surface area contributed by atoms with Crippen molar-refractivity contribution in [3.63, 3.8) is 0 Å². The molecule has 3 nitrogen and oxygen atoms in total. The quantitative estimate of drug-likeness (QED) is 0.807. The Morgan fingerprint density at radius 3 is 1.92 bits per heavy atom. The Hall–Kier alpha value is -1.46. The molecule has 1 aliphatic heterocycles. The summed E-state index contributed by atoms with van der Waals surface area (Å²) in [5.74, 6) is 0. The van der Waals surface area contributed by atoms with Gasteiger partial charge in [0.1, 0.15) is 0 Å². The van der Waals surface area contributed by atoms with Crippen LogP contribution in [0.4, 0.5) is 0 Å². The van der Waals surface area contributed by atoms with Crippen molar-refractivity contribution in [3.8, 4) is 0 Å². The second-order valence-electron chi connectivity index (χ2n) is 7.83. The molecule has 2 aromatic rings. The molecule has 0 bridgehead atoms. The van der Waals surface area contributed by atoms with Crippen LogP contribution in [0, 0.1) is 0 Å². The molecule has 2 N–H and O–H groups in total. The highest BCUT2D eigenvalue weighted by Crippen LogP contribution is 2.36. The molecule has 2 aromatic carbocycles. The lowest BCUT2D eigenvalue weighted by molar-refractivity contribution is 0.234. The standard InChI is InChI=1S/C21H30N2OSi/c1-21(2,3)25(19-10-6-4-7-11-19,20-12-8-5-9-13-20)24-17-18-16-22-14-15-23-18/h4-13,18,22-23H,14-17H2,1-3H3/t18-/m1/s1. The minimum atomic E-state index is -2.40. The van der Waals surface area contributed by atoms with E-state index < -0.39 is 8.32 Å². The van der Waals surface area contributed by atoms with Crippen LogP contribution >= 0.6 is 0 Å². The summed E-state index contributed by atoms with van der Waals surface area (Å²) < 4.78 is 6.94. The summed E-state index contributed by atoms with van der Waals surface area (Å²) in [6.07, 6.45) is 0. The van der Waals surface area contributed by atoms with Gasteiger partial charge in [-0.2, -0.15) is 0 Å². The number of nitrogens with one attached hydrogen (secondary N) is 2. The monoisotopic (exact) mass is 354 g/mol. The topological polar surface area (TPSA) is 33.3 Å². The van der Waals surface area contributed by atoms with Gasteiger partial charge in [0.25, 0.3) is 8.32 Å². The summed E-state index contributed by atoms with van der Waals surface area (Å²) in [6.45, 7) is 10.7. The van der Waals surface area contributed by atoms with E-state index in [-0.39, 0.29) is 5.04 Å². The zero-order valence-electron chi connectivity index (χ0n) is 15.6. The molecule has 4 heteroatoms. The van der Waals surface area contributed by atoms with Crippen molar-refractivity contribution in [1.29, 1.82) is 0 Å². The van der Waals surface area contributed by atoms with Crippen LogP contribution in [-0.2, 0) is 4.43 Å². The highest BCUT2D eigenvalue weighted by atomic mass is 28.4. The molecule has 0 radical (unpaired) electrons. The zero-order valence-corrected chi connectivity index (χ0v) is 16.6. The Balaban J connectivity index is 2.02. The van der Waals surface area contributed by atoms with Crippen molar-refractivity contribution in [3.05, 3.63) is 60.7 Å². The van der Waals surface area contributed by atoms with Gasteiger partial charge in [-0.25, -0.2) is 0 Å². The highest BCUT2D eigenvalue weighted by molar-refractivity contribution is 6.99. The third-order valence-electron chi connectivity index (χ3n) is 5.04. The predicted octanol–water partition coefficient (Wildman–Crippen LogP) is 2.12. The molecule has 1 fully saturated rings. The normalized spacial score (nSPS) is 18.9. The number of hydrogen-bond acceptors (Lipinski definition) is 3. The summed E-state index contributed by atoms with van der Waals surface area (Å²) in [5, 5.41) is 9.77. The lowest BCUT2D eigenvalue weighted by atomic mass is 10.2. The summed E-state index contributed by atoms with van der Waals surface area (Å²) in [5.41, 5.74) is 0. The lowest BCUT2D eigenvalue weighted by Gasteiger charge is -2.44. The summed E-state index contributed by atoms with van der Waals surface area (Å²) >= 11 is 0. The summed E-state index contributed by atoms with van der Waals surface area (Å²) in [6, 6.07) is 22.1. The Kier molecular flexibility index (Phi) is 5.74. The second kappa shape index (κ2) is 7.83. The molecule has 134 valence electrons. The smallest absolute Gasteiger partial charge is 0.261 e. The molecular formula is C21H30N2OSi. The molecule has 0 unspecified atom stereocenters. The first-order valence-electron chi connectivity index (χ1n) is 9.23. The van der Waals surface area contributed by atoms with Crippen LogP contribution in [0.15, 0.2) is 60.7 Å². The van der Waals surface area contributed by atoms with Crippen molar-refractivity contribution >= 4 is 18.7 Å². The summed E-state index contributed by atoms with van der Waals surface area (Å²) in [4.78, 5) is 0. The lowest BCUT2D eigenvalue weighted by Crippen LogP contribution is -2.68. The number of benzene rings is 2. The fourth-order valence-corrected chi connectivity index (χ4v) is 8.42. The molecule has 0 spiro atoms. The number of hydrogen-bond donors (Lipinski definition) is 2. The average molecular weight is 355 g/mol. The van der Waals surface area contributed by atoms with Gasteiger partial charge in [0.15, 0.2) is 0 Å². The Morgan fingerprint density at radius 1 is 0.920 bits per heavy atom. The van der Waals surface area contributed by atoms with E-state index in [0.717, 1.165) is 26.2 Å². The van der Waals surface area contributed by atoms with Crippen LogP contribution in [0.3, 0.4) is 0 Å². The van der Waals surface area contributed by atoms with Gasteiger partial charge in [0.2, 0.25) is 0 Å². The van der Waals surface area contributed by atoms with E-state index in [1.165, 1.54) is 10.4 Å². The highest BCUT2D eigenvalue weighted by Gasteiger charge is 2.50. The van der Waals surface area contributed by atoms with E-state index in [9.17, 15) is 0 Å². The minimum Gasteiger partial charge on any atom is -0.406 e. The van der Waals surface area contributed by atoms with E-state index in [0.29, 0.717) is 6.04 Å². The van der Waals surface area contributed by atoms with Gasteiger partial charge in [0, 0.05) is 25.7 Å². The first-order chi connectivity index (χ1) is 12.0. The molecule has 0 aromatic heterocycles. The van der Waals surface area contributed by atoms with Gasteiger partial charge >= 0.3 is 0 Å². The van der Waals surface area contributed by atoms with E-state index >= 15 is 0 Å². The van der Waals surface area contributed by atoms with Crippen LogP contribution in [0.25, 0.3) is 0 Å². The maximum absolute atomic E-state index is 6.94. The maximum Gasteiger partial charge on any atom is 0.261 e. The molecule has 0 saturated carbocycles. The van der Waals surface area contributed by atoms with Crippen molar-refractivity contribution in [1.82, 2.24) is 10.6 Å². The van der Waals surface area contributed by atoms with Crippen molar-refractivity contribution < 1.29 is 4.43 Å². The first-order valence-corrected chi connectivity index (χ1v) is 11.1. The fraction of sp³-hybridized carbons (Fsp3) is 0.429. The SMILES string of the molecule is CC(C)(C)[Si](OC[C@H]1CNCCN1)(c1ccccc1)c1ccccc1. The van der Waals surface area contributed by atoms with E-state index in [1.807, 2.05) is 0 Å². The average Bonchev–Trinajstić information content (AvgIpc) is 2.64. The number of piperazine rings is 1. The molecule has 1 atom stereocenters. The minimum absolute atomic E-state index is 0.0395. The van der Waals surface area contributed by atoms with E-state index in [1.54, 1.807) is 0 Å². The van der Waals surface area contributed by atoms with Gasteiger partial charge in [-0.1, -0.05) is 81.4 Å². The van der Waals surface area contributed by atoms with Crippen LogP contribution in [0.1, 0.15) is 20.8 Å². The van der Waals surface area contributed by atoms with Crippen LogP contribution in [0.2, 0.25) is 5.04 Å². The van der Waals surface area contributed by atoms with Gasteiger partial charge in [-0.15, -0.1) is 0 Å². The molecule has 3 rings (SSSR count). The largest absolute Gasteiger partial charge is 0.406 e. The van der Waals surface area contributed by atoms with E-state index in [2.05, 4.69) is 92.1 Å². The molecule has 1 heterocycles. The van der Waals surface area contributed by atoms with Crippen LogP contribution in [-0.4, -0.2) is 40.6 Å². The Labute approximate surface area is 152 Å². The van der Waals surface area contributed by atoms with Crippen molar-refractivity contribution in [2.45, 2.75) is 31.9 Å². The molecule has 0 amide bonds. The van der Waals surface area contributed by atoms with Crippen LogP contribution < -0.4 is 21.0 Å². The number of rotatable bonds is 5. The summed E-state index contributed by atoms with van der Waals surface area (Å²) in [7, 11) is -2.40. The molecule has 25 heavy (non-hydrogen) atoms. The van der Waals surface area contributed by atoms with Gasteiger partial charge in [0.05, 0.1) is 6.61 Å². The molecule has 1 aliphatic rings. The maximum atomic E-state index is 6.94. The predicted molar refractivity (Wildman–Crippen MR) is 108 cm³/mol. The second-order valence-corrected chi connectivity index (χ2v) is 12.1. The molecular weight excluding hydrogens is 324 g/mol. The Morgan fingerprint density at radius 2 is 1.48 bits per heavy atom. The fourth-order valence-electron chi connectivity index (χ4n) is 3.82. The van der Waals surface area contributed by atoms with Gasteiger partial charge < -0.3 is 15.1 Å². The molecule has 0 aliphatic carbocycles. The molecule has 1 saturated heterocycles. The van der Waals surface area contributed by atoms with Gasteiger partial charge in [-0.05, 0) is 15.4 Å². The van der Waals surface area contributed by atoms with Crippen molar-refractivity contribution in [2.75, 3.05) is 26.2 Å². The van der Waals surface area contributed by atoms with Crippen molar-refractivity contribution in [2.24, 2.45) is 0 Å². The van der Waals surface area contributed by atoms with Crippen LogP contribution in [0.5, 0.6) is 0 Å². The Bertz CT molecular complexity index is 609. The van der Waals surface area contributed by atoms with E-state index in [4.69, 9.17) is 4.43 Å².